The summed E-state index contributed by atoms with van der Waals surface area (Å²) in [5.41, 5.74) is 1.32. The van der Waals surface area contributed by atoms with E-state index in [-0.39, 0.29) is 32.2 Å². The highest BCUT2D eigenvalue weighted by Gasteiger charge is 2.48. The molecule has 1 unspecified atom stereocenters. The highest BCUT2D eigenvalue weighted by molar-refractivity contribution is 9.10. The Hall–Kier alpha value is -2.80. The second-order valence-electron chi connectivity index (χ2n) is 8.60. The van der Waals surface area contributed by atoms with Crippen molar-refractivity contribution < 1.29 is 24.5 Å². The average Bonchev–Trinajstić information content (AvgIpc) is 3.51. The van der Waals surface area contributed by atoms with Crippen LogP contribution in [0.5, 0.6) is 11.5 Å². The number of carbonyl (C=O) groups excluding carboxylic acids is 2. The first kappa shape index (κ1) is 29.7. The molecule has 2 N–H and O–H groups in total. The van der Waals surface area contributed by atoms with Crippen molar-refractivity contribution in [3.05, 3.63) is 96.4 Å². The molecule has 0 radical (unpaired) electrons. The van der Waals surface area contributed by atoms with Crippen LogP contribution in [0.15, 0.2) is 69.0 Å². The first-order valence-electron chi connectivity index (χ1n) is 11.6. The lowest BCUT2D eigenvalue weighted by Gasteiger charge is -2.23. The Kier molecular flexibility index (Phi) is 8.84. The van der Waals surface area contributed by atoms with Gasteiger partial charge in [0.25, 0.3) is 5.78 Å². The molecule has 1 saturated heterocycles. The minimum absolute atomic E-state index is 0.0970. The number of carbonyl (C=O) groups is 2. The van der Waals surface area contributed by atoms with E-state index in [0.717, 1.165) is 16.9 Å². The fraction of sp³-hybridized carbons (Fsp3) is 0.111. The predicted octanol–water partition coefficient (Wildman–Crippen LogP) is 7.89. The van der Waals surface area contributed by atoms with Gasteiger partial charge in [-0.2, -0.15) is 0 Å². The number of methoxy groups -OCH3 is 1. The van der Waals surface area contributed by atoms with Gasteiger partial charge in [0.15, 0.2) is 15.8 Å². The summed E-state index contributed by atoms with van der Waals surface area (Å²) in [6.07, 6.45) is 0. The van der Waals surface area contributed by atoms with E-state index in [1.165, 1.54) is 48.0 Å². The summed E-state index contributed by atoms with van der Waals surface area (Å²) in [6, 6.07) is 13.3. The van der Waals surface area contributed by atoms with Crippen molar-refractivity contribution in [2.75, 3.05) is 12.0 Å². The Labute approximate surface area is 265 Å². The molecule has 210 valence electrons. The number of thioether (sulfide) groups is 1. The summed E-state index contributed by atoms with van der Waals surface area (Å²) in [6.45, 7) is 0. The number of aromatic hydroxyl groups is 1. The number of aromatic nitrogens is 2. The topological polar surface area (TPSA) is 113 Å². The Bertz CT molecular complexity index is 1720. The maximum Gasteiger partial charge on any atom is 0.301 e. The van der Waals surface area contributed by atoms with Gasteiger partial charge in [0.2, 0.25) is 5.13 Å². The van der Waals surface area contributed by atoms with Gasteiger partial charge < -0.3 is 14.9 Å². The van der Waals surface area contributed by atoms with Crippen molar-refractivity contribution in [2.24, 2.45) is 0 Å². The SMILES string of the molecule is COc1cc(C2/C(=C(/O)c3ccc(Cl)cc3)C(=O)C(=O)N2c2nnc(SCc3ccc(Cl)cc3Cl)s2)cc(Br)c1O. The van der Waals surface area contributed by atoms with Crippen LogP contribution < -0.4 is 9.64 Å². The van der Waals surface area contributed by atoms with Crippen molar-refractivity contribution in [1.82, 2.24) is 10.2 Å². The van der Waals surface area contributed by atoms with Crippen LogP contribution in [0.3, 0.4) is 0 Å². The first-order valence-corrected chi connectivity index (χ1v) is 15.4. The Morgan fingerprint density at radius 2 is 1.78 bits per heavy atom. The van der Waals surface area contributed by atoms with Gasteiger partial charge in [-0.1, -0.05) is 64.0 Å². The molecule has 2 heterocycles. The summed E-state index contributed by atoms with van der Waals surface area (Å²) in [4.78, 5) is 28.1. The minimum Gasteiger partial charge on any atom is -0.507 e. The van der Waals surface area contributed by atoms with Crippen LogP contribution in [-0.4, -0.2) is 39.2 Å². The molecule has 14 heteroatoms. The molecule has 1 aliphatic rings. The monoisotopic (exact) mass is 711 g/mol. The summed E-state index contributed by atoms with van der Waals surface area (Å²) in [5, 5.41) is 31.7. The number of rotatable bonds is 7. The number of amides is 1. The fourth-order valence-electron chi connectivity index (χ4n) is 4.15. The van der Waals surface area contributed by atoms with Crippen molar-refractivity contribution in [3.8, 4) is 11.5 Å². The van der Waals surface area contributed by atoms with Crippen LogP contribution >= 0.6 is 73.8 Å². The van der Waals surface area contributed by atoms with E-state index in [4.69, 9.17) is 39.5 Å². The van der Waals surface area contributed by atoms with Gasteiger partial charge in [-0.25, -0.2) is 0 Å². The largest absolute Gasteiger partial charge is 0.507 e. The molecular weight excluding hydrogens is 697 g/mol. The highest BCUT2D eigenvalue weighted by Crippen LogP contribution is 2.47. The standard InChI is InChI=1S/C27H17BrCl3N3O5S2/c1-39-19-9-14(8-17(28)23(19)36)21-20(22(35)12-2-5-15(29)6-3-12)24(37)25(38)34(21)26-32-33-27(41-26)40-11-13-4-7-16(30)10-18(13)31/h2-10,21,35-36H,11H2,1H3/b22-20-. The maximum absolute atomic E-state index is 13.5. The van der Waals surface area contributed by atoms with E-state index in [2.05, 4.69) is 26.1 Å². The van der Waals surface area contributed by atoms with Crippen LogP contribution in [0.2, 0.25) is 15.1 Å². The molecule has 0 spiro atoms. The van der Waals surface area contributed by atoms with Gasteiger partial charge in [-0.3, -0.25) is 14.5 Å². The summed E-state index contributed by atoms with van der Waals surface area (Å²) < 4.78 is 6.08. The number of ketones is 1. The van der Waals surface area contributed by atoms with E-state index < -0.39 is 23.5 Å². The predicted molar refractivity (Wildman–Crippen MR) is 165 cm³/mol. The summed E-state index contributed by atoms with van der Waals surface area (Å²) in [7, 11) is 1.37. The zero-order valence-corrected chi connectivity index (χ0v) is 26.3. The zero-order chi connectivity index (χ0) is 29.4. The van der Waals surface area contributed by atoms with Crippen LogP contribution in [-0.2, 0) is 15.3 Å². The third kappa shape index (κ3) is 5.93. The Morgan fingerprint density at radius 1 is 1.07 bits per heavy atom. The molecule has 8 nitrogen and oxygen atoms in total. The van der Waals surface area contributed by atoms with Gasteiger partial charge in [-0.15, -0.1) is 10.2 Å². The quantitative estimate of drug-likeness (QED) is 0.0654. The number of halogens is 4. The van der Waals surface area contributed by atoms with Gasteiger partial charge in [0, 0.05) is 26.4 Å². The van der Waals surface area contributed by atoms with Gasteiger partial charge >= 0.3 is 5.91 Å². The van der Waals surface area contributed by atoms with Crippen LogP contribution in [0, 0.1) is 0 Å². The fourth-order valence-corrected chi connectivity index (χ4v) is 7.16. The normalized spacial score (nSPS) is 16.4. The molecule has 5 rings (SSSR count). The van der Waals surface area contributed by atoms with E-state index in [9.17, 15) is 19.8 Å². The molecule has 41 heavy (non-hydrogen) atoms. The number of hydrogen-bond donors (Lipinski definition) is 2. The lowest BCUT2D eigenvalue weighted by atomic mass is 9.95. The Balaban J connectivity index is 1.58. The molecule has 0 bridgehead atoms. The molecule has 0 aliphatic carbocycles. The van der Waals surface area contributed by atoms with Crippen molar-refractivity contribution in [3.63, 3.8) is 0 Å². The first-order chi connectivity index (χ1) is 19.6. The number of aliphatic hydroxyl groups excluding tert-OH is 1. The molecule has 1 aliphatic heterocycles. The third-order valence-corrected chi connectivity index (χ3v) is 9.66. The van der Waals surface area contributed by atoms with E-state index >= 15 is 0 Å². The van der Waals surface area contributed by atoms with Crippen molar-refractivity contribution in [2.45, 2.75) is 16.1 Å². The molecule has 1 amide bonds. The lowest BCUT2D eigenvalue weighted by molar-refractivity contribution is -0.132. The number of ether oxygens (including phenoxy) is 1. The number of benzene rings is 3. The molecule has 1 aromatic heterocycles. The number of nitrogens with zero attached hydrogens (tertiary/aromatic N) is 3. The number of anilines is 1. The molecule has 1 fully saturated rings. The third-order valence-electron chi connectivity index (χ3n) is 6.12. The van der Waals surface area contributed by atoms with Crippen LogP contribution in [0.4, 0.5) is 5.13 Å². The number of hydrogen-bond acceptors (Lipinski definition) is 9. The van der Waals surface area contributed by atoms with Crippen molar-refractivity contribution >= 4 is 96.4 Å². The lowest BCUT2D eigenvalue weighted by Crippen LogP contribution is -2.29. The van der Waals surface area contributed by atoms with Crippen molar-refractivity contribution in [1.29, 1.82) is 0 Å². The number of aliphatic hydroxyl groups is 1. The second-order valence-corrected chi connectivity index (χ2v) is 12.9. The van der Waals surface area contributed by atoms with Crippen LogP contribution in [0.1, 0.15) is 22.7 Å². The second kappa shape index (κ2) is 12.2. The molecule has 0 saturated carbocycles. The Morgan fingerprint density at radius 3 is 2.46 bits per heavy atom. The van der Waals surface area contributed by atoms with Gasteiger partial charge in [0.05, 0.1) is 23.2 Å². The van der Waals surface area contributed by atoms with Crippen LogP contribution in [0.25, 0.3) is 5.76 Å². The molecule has 4 aromatic rings. The van der Waals surface area contributed by atoms with E-state index in [0.29, 0.717) is 30.7 Å². The maximum atomic E-state index is 13.5. The average molecular weight is 714 g/mol. The molecule has 3 aromatic carbocycles. The smallest absolute Gasteiger partial charge is 0.301 e. The van der Waals surface area contributed by atoms with E-state index in [1.807, 2.05) is 6.07 Å². The molecule has 1 atom stereocenters. The zero-order valence-electron chi connectivity index (χ0n) is 20.8. The number of phenols is 1. The van der Waals surface area contributed by atoms with Gasteiger partial charge in [0.1, 0.15) is 5.76 Å². The minimum atomic E-state index is -1.12. The molecular formula is C27H17BrCl3N3O5S2. The van der Waals surface area contributed by atoms with E-state index in [1.54, 1.807) is 24.3 Å². The van der Waals surface area contributed by atoms with Gasteiger partial charge in [-0.05, 0) is 75.6 Å². The number of phenolic OH excluding ortho intramolecular Hbond substituents is 1. The summed E-state index contributed by atoms with van der Waals surface area (Å²) >= 11 is 24.0. The highest BCUT2D eigenvalue weighted by atomic mass is 79.9. The summed E-state index contributed by atoms with van der Waals surface area (Å²) in [5.74, 6) is -1.82. The number of Topliss-reactive ketones (excluding diaryl/α,β-unsaturated/α-hetero) is 1.